The van der Waals surface area contributed by atoms with Gasteiger partial charge in [0.2, 0.25) is 5.91 Å². The Morgan fingerprint density at radius 1 is 1.44 bits per heavy atom. The number of aliphatic hydroxyl groups is 1. The summed E-state index contributed by atoms with van der Waals surface area (Å²) < 4.78 is 0. The number of amides is 1. The number of carbonyl (C=O) groups excluding carboxylic acids is 1. The second-order valence-corrected chi connectivity index (χ2v) is 4.64. The first kappa shape index (κ1) is 13.5. The second kappa shape index (κ2) is 6.86. The van der Waals surface area contributed by atoms with E-state index in [2.05, 4.69) is 10.6 Å². The molecule has 1 amide bonds. The van der Waals surface area contributed by atoms with Crippen molar-refractivity contribution in [2.45, 2.75) is 64.1 Å². The van der Waals surface area contributed by atoms with Gasteiger partial charge in [-0.25, -0.2) is 0 Å². The van der Waals surface area contributed by atoms with E-state index in [-0.39, 0.29) is 24.1 Å². The fraction of sp³-hybridized carbons (Fsp3) is 0.917. The standard InChI is InChI=1S/C12H24N2O2/c1-3-8-13-12(16)9(2)14-10-6-4-5-7-11(10)15/h9-11,14-15H,3-8H2,1-2H3,(H,13,16). The number of rotatable bonds is 5. The quantitative estimate of drug-likeness (QED) is 0.652. The van der Waals surface area contributed by atoms with Gasteiger partial charge in [0.25, 0.3) is 0 Å². The largest absolute Gasteiger partial charge is 0.392 e. The summed E-state index contributed by atoms with van der Waals surface area (Å²) in [5.41, 5.74) is 0. The molecule has 0 aromatic carbocycles. The zero-order valence-electron chi connectivity index (χ0n) is 10.3. The van der Waals surface area contributed by atoms with Crippen molar-refractivity contribution >= 4 is 5.91 Å². The zero-order valence-corrected chi connectivity index (χ0v) is 10.3. The summed E-state index contributed by atoms with van der Waals surface area (Å²) in [6.45, 7) is 4.60. The van der Waals surface area contributed by atoms with Gasteiger partial charge in [-0.3, -0.25) is 4.79 Å². The summed E-state index contributed by atoms with van der Waals surface area (Å²) >= 11 is 0. The highest BCUT2D eigenvalue weighted by Crippen LogP contribution is 2.18. The Morgan fingerprint density at radius 3 is 2.75 bits per heavy atom. The molecule has 16 heavy (non-hydrogen) atoms. The number of nitrogens with one attached hydrogen (secondary N) is 2. The molecule has 0 aromatic heterocycles. The predicted octanol–water partition coefficient (Wildman–Crippen LogP) is 0.794. The number of hydrogen-bond donors (Lipinski definition) is 3. The van der Waals surface area contributed by atoms with Gasteiger partial charge < -0.3 is 15.7 Å². The van der Waals surface area contributed by atoms with Gasteiger partial charge in [-0.15, -0.1) is 0 Å². The third-order valence-corrected chi connectivity index (χ3v) is 3.14. The van der Waals surface area contributed by atoms with E-state index in [1.165, 1.54) is 0 Å². The second-order valence-electron chi connectivity index (χ2n) is 4.64. The van der Waals surface area contributed by atoms with Gasteiger partial charge in [0, 0.05) is 12.6 Å². The molecule has 3 N–H and O–H groups in total. The average Bonchev–Trinajstić information content (AvgIpc) is 2.28. The summed E-state index contributed by atoms with van der Waals surface area (Å²) in [6, 6.07) is -0.138. The van der Waals surface area contributed by atoms with Crippen LogP contribution in [0.15, 0.2) is 0 Å². The smallest absolute Gasteiger partial charge is 0.236 e. The van der Waals surface area contributed by atoms with Crippen LogP contribution in [0.25, 0.3) is 0 Å². The molecule has 1 saturated carbocycles. The van der Waals surface area contributed by atoms with E-state index >= 15 is 0 Å². The highest BCUT2D eigenvalue weighted by Gasteiger charge is 2.25. The van der Waals surface area contributed by atoms with Crippen LogP contribution in [0.2, 0.25) is 0 Å². The number of aliphatic hydroxyl groups excluding tert-OH is 1. The Balaban J connectivity index is 2.31. The first-order chi connectivity index (χ1) is 7.65. The Labute approximate surface area is 97.8 Å². The maximum absolute atomic E-state index is 11.6. The van der Waals surface area contributed by atoms with Gasteiger partial charge in [-0.2, -0.15) is 0 Å². The summed E-state index contributed by atoms with van der Waals surface area (Å²) in [6.07, 6.45) is 4.70. The average molecular weight is 228 g/mol. The predicted molar refractivity (Wildman–Crippen MR) is 64.2 cm³/mol. The fourth-order valence-corrected chi connectivity index (χ4v) is 2.10. The Bertz CT molecular complexity index is 221. The molecular formula is C12H24N2O2. The molecule has 1 aliphatic rings. The first-order valence-corrected chi connectivity index (χ1v) is 6.37. The van der Waals surface area contributed by atoms with Gasteiger partial charge >= 0.3 is 0 Å². The van der Waals surface area contributed by atoms with Crippen LogP contribution in [-0.4, -0.2) is 35.7 Å². The molecule has 94 valence electrons. The molecule has 4 heteroatoms. The zero-order chi connectivity index (χ0) is 12.0. The van der Waals surface area contributed by atoms with E-state index in [0.29, 0.717) is 0 Å². The van der Waals surface area contributed by atoms with E-state index < -0.39 is 0 Å². The van der Waals surface area contributed by atoms with Gasteiger partial charge in [-0.1, -0.05) is 19.8 Å². The molecule has 0 aliphatic heterocycles. The van der Waals surface area contributed by atoms with E-state index in [4.69, 9.17) is 0 Å². The van der Waals surface area contributed by atoms with Crippen molar-refractivity contribution in [2.24, 2.45) is 0 Å². The Morgan fingerprint density at radius 2 is 2.12 bits per heavy atom. The van der Waals surface area contributed by atoms with Crippen LogP contribution in [0, 0.1) is 0 Å². The van der Waals surface area contributed by atoms with E-state index in [0.717, 1.165) is 38.6 Å². The molecule has 0 saturated heterocycles. The molecule has 0 radical (unpaired) electrons. The minimum Gasteiger partial charge on any atom is -0.392 e. The van der Waals surface area contributed by atoms with Crippen LogP contribution in [0.5, 0.6) is 0 Å². The first-order valence-electron chi connectivity index (χ1n) is 6.37. The maximum Gasteiger partial charge on any atom is 0.236 e. The Hall–Kier alpha value is -0.610. The molecule has 1 rings (SSSR count). The van der Waals surface area contributed by atoms with Crippen LogP contribution < -0.4 is 10.6 Å². The summed E-state index contributed by atoms with van der Waals surface area (Å²) in [5, 5.41) is 15.9. The highest BCUT2D eigenvalue weighted by molar-refractivity contribution is 5.81. The lowest BCUT2D eigenvalue weighted by atomic mass is 9.92. The van der Waals surface area contributed by atoms with Gasteiger partial charge in [0.1, 0.15) is 0 Å². The minimum absolute atomic E-state index is 0.0274. The van der Waals surface area contributed by atoms with Crippen LogP contribution in [-0.2, 0) is 4.79 Å². The molecule has 1 fully saturated rings. The van der Waals surface area contributed by atoms with Crippen LogP contribution in [0.3, 0.4) is 0 Å². The lowest BCUT2D eigenvalue weighted by Crippen LogP contribution is -2.51. The van der Waals surface area contributed by atoms with Gasteiger partial charge in [0.05, 0.1) is 12.1 Å². The van der Waals surface area contributed by atoms with Crippen molar-refractivity contribution in [3.05, 3.63) is 0 Å². The number of hydrogen-bond acceptors (Lipinski definition) is 3. The van der Waals surface area contributed by atoms with Gasteiger partial charge in [-0.05, 0) is 26.2 Å². The summed E-state index contributed by atoms with van der Waals surface area (Å²) in [7, 11) is 0. The van der Waals surface area contributed by atoms with Gasteiger partial charge in [0.15, 0.2) is 0 Å². The van der Waals surface area contributed by atoms with E-state index in [1.54, 1.807) is 0 Å². The van der Waals surface area contributed by atoms with Crippen LogP contribution >= 0.6 is 0 Å². The molecule has 0 spiro atoms. The highest BCUT2D eigenvalue weighted by atomic mass is 16.3. The van der Waals surface area contributed by atoms with Crippen molar-refractivity contribution in [3.63, 3.8) is 0 Å². The van der Waals surface area contributed by atoms with Crippen molar-refractivity contribution in [3.8, 4) is 0 Å². The molecule has 0 heterocycles. The van der Waals surface area contributed by atoms with Crippen LogP contribution in [0.4, 0.5) is 0 Å². The SMILES string of the molecule is CCCNC(=O)C(C)NC1CCCCC1O. The van der Waals surface area contributed by atoms with Crippen molar-refractivity contribution in [1.29, 1.82) is 0 Å². The lowest BCUT2D eigenvalue weighted by Gasteiger charge is -2.30. The molecule has 4 nitrogen and oxygen atoms in total. The third kappa shape index (κ3) is 4.10. The van der Waals surface area contributed by atoms with Crippen molar-refractivity contribution < 1.29 is 9.90 Å². The van der Waals surface area contributed by atoms with Crippen molar-refractivity contribution in [1.82, 2.24) is 10.6 Å². The lowest BCUT2D eigenvalue weighted by molar-refractivity contribution is -0.123. The monoisotopic (exact) mass is 228 g/mol. The molecule has 1 aliphatic carbocycles. The summed E-state index contributed by atoms with van der Waals surface area (Å²) in [4.78, 5) is 11.6. The molecule has 3 unspecified atom stereocenters. The summed E-state index contributed by atoms with van der Waals surface area (Å²) in [5.74, 6) is 0.0274. The fourth-order valence-electron chi connectivity index (χ4n) is 2.10. The van der Waals surface area contributed by atoms with Crippen molar-refractivity contribution in [2.75, 3.05) is 6.54 Å². The molecule has 0 aromatic rings. The minimum atomic E-state index is -0.296. The molecular weight excluding hydrogens is 204 g/mol. The Kier molecular flexibility index (Phi) is 5.77. The maximum atomic E-state index is 11.6. The van der Waals surface area contributed by atoms with Crippen LogP contribution in [0.1, 0.15) is 46.0 Å². The topological polar surface area (TPSA) is 61.4 Å². The van der Waals surface area contributed by atoms with E-state index in [1.807, 2.05) is 13.8 Å². The molecule has 0 bridgehead atoms. The normalized spacial score (nSPS) is 27.4. The number of carbonyl (C=O) groups is 1. The molecule has 3 atom stereocenters. The van der Waals surface area contributed by atoms with E-state index in [9.17, 15) is 9.90 Å². The third-order valence-electron chi connectivity index (χ3n) is 3.14.